The van der Waals surface area contributed by atoms with Gasteiger partial charge in [0.1, 0.15) is 17.9 Å². The van der Waals surface area contributed by atoms with Crippen molar-refractivity contribution < 1.29 is 23.4 Å². The Morgan fingerprint density at radius 1 is 1.03 bits per heavy atom. The first kappa shape index (κ1) is 22.5. The number of likely N-dealkylation sites (N-methyl/N-ethyl adjacent to an activating group) is 1. The van der Waals surface area contributed by atoms with Crippen molar-refractivity contribution in [3.8, 4) is 17.2 Å². The highest BCUT2D eigenvalue weighted by Crippen LogP contribution is 2.31. The third-order valence-electron chi connectivity index (χ3n) is 5.22. The van der Waals surface area contributed by atoms with Crippen LogP contribution in [0.15, 0.2) is 47.1 Å². The van der Waals surface area contributed by atoms with Gasteiger partial charge in [0.25, 0.3) is 0 Å². The summed E-state index contributed by atoms with van der Waals surface area (Å²) >= 11 is 0. The number of furan rings is 1. The number of nitrogens with zero attached hydrogens (tertiary/aromatic N) is 1. The van der Waals surface area contributed by atoms with E-state index in [9.17, 15) is 4.79 Å². The van der Waals surface area contributed by atoms with E-state index in [1.54, 1.807) is 38.7 Å². The molecular formula is C24H30N2O5. The number of anilines is 1. The number of fused-ring (bicyclic) bond motifs is 1. The van der Waals surface area contributed by atoms with Crippen molar-refractivity contribution in [1.29, 1.82) is 0 Å². The number of methoxy groups -OCH3 is 2. The van der Waals surface area contributed by atoms with Crippen LogP contribution in [-0.4, -0.2) is 51.3 Å². The summed E-state index contributed by atoms with van der Waals surface area (Å²) in [4.78, 5) is 14.9. The molecule has 7 heteroatoms. The molecule has 0 radical (unpaired) electrons. The van der Waals surface area contributed by atoms with Crippen LogP contribution in [0.5, 0.6) is 17.2 Å². The molecule has 0 aliphatic heterocycles. The zero-order valence-electron chi connectivity index (χ0n) is 18.6. The summed E-state index contributed by atoms with van der Waals surface area (Å²) in [7, 11) is 3.21. The van der Waals surface area contributed by atoms with Crippen molar-refractivity contribution in [2.45, 2.75) is 20.3 Å². The number of rotatable bonds is 11. The molecule has 0 aliphatic carbocycles. The van der Waals surface area contributed by atoms with E-state index >= 15 is 0 Å². The molecule has 2 aromatic carbocycles. The number of hydrogen-bond acceptors (Lipinski definition) is 6. The molecule has 0 saturated carbocycles. The molecule has 1 amide bonds. The molecule has 0 fully saturated rings. The fourth-order valence-corrected chi connectivity index (χ4v) is 3.40. The highest BCUT2D eigenvalue weighted by molar-refractivity contribution is 5.95. The molecule has 31 heavy (non-hydrogen) atoms. The zero-order chi connectivity index (χ0) is 22.2. The Kier molecular flexibility index (Phi) is 7.78. The van der Waals surface area contributed by atoms with Crippen LogP contribution in [0.4, 0.5) is 5.69 Å². The monoisotopic (exact) mass is 426 g/mol. The van der Waals surface area contributed by atoms with Gasteiger partial charge in [0.2, 0.25) is 5.91 Å². The maximum atomic E-state index is 12.6. The minimum absolute atomic E-state index is 0.141. The van der Waals surface area contributed by atoms with Gasteiger partial charge in [-0.25, -0.2) is 0 Å². The van der Waals surface area contributed by atoms with E-state index < -0.39 is 0 Å². The molecule has 0 saturated heterocycles. The van der Waals surface area contributed by atoms with Crippen LogP contribution in [0.1, 0.15) is 19.4 Å². The van der Waals surface area contributed by atoms with E-state index in [4.69, 9.17) is 18.6 Å². The molecule has 1 aromatic heterocycles. The highest BCUT2D eigenvalue weighted by atomic mass is 16.5. The quantitative estimate of drug-likeness (QED) is 0.491. The third kappa shape index (κ3) is 5.70. The lowest BCUT2D eigenvalue weighted by Crippen LogP contribution is -2.28. The van der Waals surface area contributed by atoms with Crippen molar-refractivity contribution in [1.82, 2.24) is 4.90 Å². The highest BCUT2D eigenvalue weighted by Gasteiger charge is 2.13. The summed E-state index contributed by atoms with van der Waals surface area (Å²) in [5, 5.41) is 3.82. The Morgan fingerprint density at radius 2 is 1.84 bits per heavy atom. The second kappa shape index (κ2) is 10.7. The summed E-state index contributed by atoms with van der Waals surface area (Å²) in [5.41, 5.74) is 2.16. The lowest BCUT2D eigenvalue weighted by Gasteiger charge is -2.19. The fourth-order valence-electron chi connectivity index (χ4n) is 3.40. The van der Waals surface area contributed by atoms with Crippen LogP contribution in [0, 0.1) is 0 Å². The number of amides is 1. The SMILES string of the molecule is CCN(CC)CCOc1cc(NC(=O)Cc2coc3cc(OC)ccc23)ccc1OC. The van der Waals surface area contributed by atoms with Crippen LogP contribution in [0.25, 0.3) is 11.0 Å². The van der Waals surface area contributed by atoms with E-state index in [2.05, 4.69) is 24.1 Å². The molecule has 0 atom stereocenters. The average Bonchev–Trinajstić information content (AvgIpc) is 3.18. The summed E-state index contributed by atoms with van der Waals surface area (Å²) < 4.78 is 22.1. The first-order valence-corrected chi connectivity index (χ1v) is 10.4. The van der Waals surface area contributed by atoms with Gasteiger partial charge in [0.15, 0.2) is 11.5 Å². The molecule has 166 valence electrons. The Bertz CT molecular complexity index is 1010. The van der Waals surface area contributed by atoms with Gasteiger partial charge in [-0.3, -0.25) is 4.79 Å². The van der Waals surface area contributed by atoms with Crippen LogP contribution >= 0.6 is 0 Å². The van der Waals surface area contributed by atoms with Crippen LogP contribution in [0.2, 0.25) is 0 Å². The zero-order valence-corrected chi connectivity index (χ0v) is 18.6. The van der Waals surface area contributed by atoms with Gasteiger partial charge in [-0.1, -0.05) is 13.8 Å². The smallest absolute Gasteiger partial charge is 0.228 e. The molecular weight excluding hydrogens is 396 g/mol. The lowest BCUT2D eigenvalue weighted by atomic mass is 10.1. The Hall–Kier alpha value is -3.19. The average molecular weight is 427 g/mol. The Balaban J connectivity index is 1.65. The predicted molar refractivity (Wildman–Crippen MR) is 121 cm³/mol. The maximum Gasteiger partial charge on any atom is 0.228 e. The molecule has 1 heterocycles. The number of hydrogen-bond donors (Lipinski definition) is 1. The van der Waals surface area contributed by atoms with Crippen molar-refractivity contribution in [2.24, 2.45) is 0 Å². The first-order chi connectivity index (χ1) is 15.1. The first-order valence-electron chi connectivity index (χ1n) is 10.4. The Labute approximate surface area is 182 Å². The predicted octanol–water partition coefficient (Wildman–Crippen LogP) is 4.35. The van der Waals surface area contributed by atoms with Crippen molar-refractivity contribution >= 4 is 22.6 Å². The second-order valence-corrected chi connectivity index (χ2v) is 7.09. The number of nitrogens with one attached hydrogen (secondary N) is 1. The summed E-state index contributed by atoms with van der Waals surface area (Å²) in [5.74, 6) is 1.81. The van der Waals surface area contributed by atoms with Gasteiger partial charge in [-0.2, -0.15) is 0 Å². The van der Waals surface area contributed by atoms with Crippen molar-refractivity contribution in [3.05, 3.63) is 48.2 Å². The van der Waals surface area contributed by atoms with Gasteiger partial charge >= 0.3 is 0 Å². The van der Waals surface area contributed by atoms with Gasteiger partial charge in [0, 0.05) is 35.3 Å². The minimum atomic E-state index is -0.141. The van der Waals surface area contributed by atoms with E-state index in [1.165, 1.54) is 0 Å². The normalized spacial score (nSPS) is 11.0. The van der Waals surface area contributed by atoms with E-state index in [-0.39, 0.29) is 12.3 Å². The van der Waals surface area contributed by atoms with Crippen LogP contribution < -0.4 is 19.5 Å². The summed E-state index contributed by atoms with van der Waals surface area (Å²) in [6.07, 6.45) is 1.81. The number of carbonyl (C=O) groups is 1. The summed E-state index contributed by atoms with van der Waals surface area (Å²) in [6.45, 7) is 7.57. The Morgan fingerprint density at radius 3 is 2.55 bits per heavy atom. The number of benzene rings is 2. The topological polar surface area (TPSA) is 73.2 Å². The van der Waals surface area contributed by atoms with Crippen LogP contribution in [-0.2, 0) is 11.2 Å². The molecule has 0 aliphatic rings. The maximum absolute atomic E-state index is 12.6. The van der Waals surface area contributed by atoms with E-state index in [0.29, 0.717) is 35.1 Å². The fraction of sp³-hybridized carbons (Fsp3) is 0.375. The molecule has 3 aromatic rings. The summed E-state index contributed by atoms with van der Waals surface area (Å²) in [6, 6.07) is 10.9. The minimum Gasteiger partial charge on any atom is -0.497 e. The van der Waals surface area contributed by atoms with Gasteiger partial charge in [0.05, 0.1) is 26.9 Å². The lowest BCUT2D eigenvalue weighted by molar-refractivity contribution is -0.115. The van der Waals surface area contributed by atoms with Crippen LogP contribution in [0.3, 0.4) is 0 Å². The van der Waals surface area contributed by atoms with Gasteiger partial charge in [-0.15, -0.1) is 0 Å². The third-order valence-corrected chi connectivity index (χ3v) is 5.22. The molecule has 0 spiro atoms. The molecule has 1 N–H and O–H groups in total. The van der Waals surface area contributed by atoms with Gasteiger partial charge < -0.3 is 28.8 Å². The largest absolute Gasteiger partial charge is 0.497 e. The van der Waals surface area contributed by atoms with Crippen molar-refractivity contribution in [3.63, 3.8) is 0 Å². The molecule has 0 unspecified atom stereocenters. The molecule has 3 rings (SSSR count). The van der Waals surface area contributed by atoms with Gasteiger partial charge in [-0.05, 0) is 37.4 Å². The second-order valence-electron chi connectivity index (χ2n) is 7.09. The number of carbonyl (C=O) groups excluding carboxylic acids is 1. The standard InChI is InChI=1S/C24H30N2O5/c1-5-26(6-2)11-12-30-23-14-18(7-10-21(23)29-4)25-24(27)13-17-16-31-22-15-19(28-3)8-9-20(17)22/h7-10,14-16H,5-6,11-13H2,1-4H3,(H,25,27). The van der Waals surface area contributed by atoms with Crippen molar-refractivity contribution in [2.75, 3.05) is 45.8 Å². The van der Waals surface area contributed by atoms with E-state index in [1.807, 2.05) is 18.2 Å². The molecule has 7 nitrogen and oxygen atoms in total. The molecule has 0 bridgehead atoms. The van der Waals surface area contributed by atoms with E-state index in [0.717, 1.165) is 30.6 Å². The number of ether oxygens (including phenoxy) is 3.